The van der Waals surface area contributed by atoms with E-state index in [9.17, 15) is 13.6 Å². The molecule has 0 radical (unpaired) electrons. The van der Waals surface area contributed by atoms with Crippen LogP contribution in [0.2, 0.25) is 0 Å². The Bertz CT molecular complexity index is 802. The van der Waals surface area contributed by atoms with Crippen LogP contribution in [0.4, 0.5) is 8.78 Å². The van der Waals surface area contributed by atoms with Gasteiger partial charge in [-0.05, 0) is 27.9 Å². The van der Waals surface area contributed by atoms with Gasteiger partial charge in [0.15, 0.2) is 0 Å². The lowest BCUT2D eigenvalue weighted by molar-refractivity contribution is -0.265. The molecule has 0 saturated heterocycles. The molecule has 7 heteroatoms. The van der Waals surface area contributed by atoms with Crippen molar-refractivity contribution >= 4 is 32.8 Å². The molecule has 4 nitrogen and oxygen atoms in total. The summed E-state index contributed by atoms with van der Waals surface area (Å²) in [6, 6.07) is 0.818. The fraction of sp³-hybridized carbons (Fsp3) is 0.438. The fourth-order valence-electron chi connectivity index (χ4n) is 3.12. The van der Waals surface area contributed by atoms with Gasteiger partial charge < -0.3 is 14.5 Å². The summed E-state index contributed by atoms with van der Waals surface area (Å²) in [5, 5.41) is 0.429. The van der Waals surface area contributed by atoms with Crippen LogP contribution < -0.4 is 0 Å². The second kappa shape index (κ2) is 5.56. The molecule has 1 aliphatic rings. The van der Waals surface area contributed by atoms with E-state index in [2.05, 4.69) is 20.9 Å². The minimum absolute atomic E-state index is 0.172. The topological polar surface area (TPSA) is 51.3 Å². The number of aromatic nitrogens is 1. The van der Waals surface area contributed by atoms with Crippen LogP contribution in [0.5, 0.6) is 0 Å². The average Bonchev–Trinajstić information content (AvgIpc) is 2.85. The number of carbonyl (C=O) groups excluding carboxylic acids is 1. The van der Waals surface area contributed by atoms with E-state index in [0.717, 1.165) is 6.07 Å². The molecule has 3 rings (SSSR count). The summed E-state index contributed by atoms with van der Waals surface area (Å²) in [6.07, 6.45) is 0.465. The van der Waals surface area contributed by atoms with Gasteiger partial charge in [0.05, 0.1) is 22.3 Å². The number of halogens is 3. The van der Waals surface area contributed by atoms with Crippen molar-refractivity contribution in [2.75, 3.05) is 6.61 Å². The van der Waals surface area contributed by atoms with Gasteiger partial charge in [-0.1, -0.05) is 13.8 Å². The number of nitrogens with one attached hydrogen (secondary N) is 1. The molecule has 1 unspecified atom stereocenters. The molecule has 1 aromatic heterocycles. The Morgan fingerprint density at radius 2 is 2.13 bits per heavy atom. The Morgan fingerprint density at radius 3 is 2.74 bits per heavy atom. The van der Waals surface area contributed by atoms with Gasteiger partial charge in [0.1, 0.15) is 11.6 Å². The lowest BCUT2D eigenvalue weighted by Gasteiger charge is -2.39. The lowest BCUT2D eigenvalue weighted by atomic mass is 9.92. The minimum Gasteiger partial charge on any atom is -0.427 e. The Kier molecular flexibility index (Phi) is 3.96. The normalized spacial score (nSPS) is 20.8. The molecule has 0 amide bonds. The molecular weight excluding hydrogens is 372 g/mol. The van der Waals surface area contributed by atoms with Gasteiger partial charge in [0.2, 0.25) is 0 Å². The highest BCUT2D eigenvalue weighted by Gasteiger charge is 2.47. The predicted molar refractivity (Wildman–Crippen MR) is 83.9 cm³/mol. The van der Waals surface area contributed by atoms with E-state index >= 15 is 0 Å². The molecule has 23 heavy (non-hydrogen) atoms. The molecular formula is C16H16BrF2NO3. The zero-order chi connectivity index (χ0) is 16.9. The maximum atomic E-state index is 14.2. The lowest BCUT2D eigenvalue weighted by Crippen LogP contribution is -2.44. The maximum absolute atomic E-state index is 14.2. The van der Waals surface area contributed by atoms with Crippen LogP contribution in [0.3, 0.4) is 0 Å². The van der Waals surface area contributed by atoms with Gasteiger partial charge in [0, 0.05) is 24.3 Å². The third-order valence-electron chi connectivity index (χ3n) is 4.10. The summed E-state index contributed by atoms with van der Waals surface area (Å²) in [5.41, 5.74) is 1.34. The number of carbonyl (C=O) groups is 1. The van der Waals surface area contributed by atoms with E-state index in [-0.39, 0.29) is 22.5 Å². The van der Waals surface area contributed by atoms with Crippen molar-refractivity contribution in [1.82, 2.24) is 4.98 Å². The van der Waals surface area contributed by atoms with E-state index in [1.54, 1.807) is 0 Å². The van der Waals surface area contributed by atoms with Crippen molar-refractivity contribution in [2.45, 2.75) is 33.0 Å². The van der Waals surface area contributed by atoms with Gasteiger partial charge in [-0.2, -0.15) is 0 Å². The summed E-state index contributed by atoms with van der Waals surface area (Å²) in [5.74, 6) is -3.43. The first-order valence-electron chi connectivity index (χ1n) is 7.30. The summed E-state index contributed by atoms with van der Waals surface area (Å²) in [4.78, 5) is 14.5. The highest BCUT2D eigenvalue weighted by atomic mass is 79.9. The third-order valence-corrected chi connectivity index (χ3v) is 4.87. The highest BCUT2D eigenvalue weighted by molar-refractivity contribution is 9.10. The van der Waals surface area contributed by atoms with Crippen LogP contribution in [-0.2, 0) is 26.5 Å². The number of hydrogen-bond donors (Lipinski definition) is 1. The minimum atomic E-state index is -1.33. The first-order valence-corrected chi connectivity index (χ1v) is 8.09. The van der Waals surface area contributed by atoms with Crippen molar-refractivity contribution in [3.8, 4) is 0 Å². The Balaban J connectivity index is 2.35. The Labute approximate surface area is 140 Å². The quantitative estimate of drug-likeness (QED) is 0.621. The van der Waals surface area contributed by atoms with Crippen LogP contribution in [0.15, 0.2) is 10.5 Å². The van der Waals surface area contributed by atoms with Crippen molar-refractivity contribution < 1.29 is 23.0 Å². The van der Waals surface area contributed by atoms with Crippen molar-refractivity contribution in [3.63, 3.8) is 0 Å². The molecule has 1 atom stereocenters. The van der Waals surface area contributed by atoms with Crippen LogP contribution in [-0.4, -0.2) is 17.6 Å². The van der Waals surface area contributed by atoms with E-state index in [1.165, 1.54) is 6.92 Å². The van der Waals surface area contributed by atoms with Crippen LogP contribution in [0, 0.1) is 17.6 Å². The molecule has 1 N–H and O–H groups in total. The summed E-state index contributed by atoms with van der Waals surface area (Å²) in [7, 11) is 0. The number of hydrogen-bond acceptors (Lipinski definition) is 3. The van der Waals surface area contributed by atoms with Gasteiger partial charge in [-0.3, -0.25) is 4.79 Å². The molecule has 0 fully saturated rings. The number of aromatic amines is 1. The van der Waals surface area contributed by atoms with Crippen LogP contribution >= 0.6 is 15.9 Å². The van der Waals surface area contributed by atoms with E-state index in [1.807, 2.05) is 13.8 Å². The fourth-order valence-corrected chi connectivity index (χ4v) is 3.67. The number of ether oxygens (including phenoxy) is 2. The number of H-pyrrole nitrogens is 1. The zero-order valence-electron chi connectivity index (χ0n) is 12.9. The first-order chi connectivity index (χ1) is 10.8. The van der Waals surface area contributed by atoms with Crippen molar-refractivity contribution in [3.05, 3.63) is 33.4 Å². The third kappa shape index (κ3) is 2.37. The Hall–Kier alpha value is -1.47. The second-order valence-corrected chi connectivity index (χ2v) is 6.69. The predicted octanol–water partition coefficient (Wildman–Crippen LogP) is 4.15. The average molecular weight is 388 g/mol. The molecule has 2 aromatic rings. The molecule has 1 aromatic carbocycles. The van der Waals surface area contributed by atoms with Gasteiger partial charge in [0.25, 0.3) is 5.79 Å². The largest absolute Gasteiger partial charge is 0.427 e. The molecule has 0 aliphatic carbocycles. The molecule has 0 spiro atoms. The van der Waals surface area contributed by atoms with Crippen LogP contribution in [0.1, 0.15) is 32.0 Å². The van der Waals surface area contributed by atoms with Crippen molar-refractivity contribution in [1.29, 1.82) is 0 Å². The van der Waals surface area contributed by atoms with E-state index in [4.69, 9.17) is 9.47 Å². The molecule has 0 bridgehead atoms. The van der Waals surface area contributed by atoms with E-state index in [0.29, 0.717) is 23.1 Å². The number of rotatable bonds is 2. The smallest absolute Gasteiger partial charge is 0.305 e. The molecule has 0 saturated carbocycles. The van der Waals surface area contributed by atoms with Gasteiger partial charge in [-0.25, -0.2) is 8.78 Å². The van der Waals surface area contributed by atoms with Crippen molar-refractivity contribution in [2.24, 2.45) is 5.92 Å². The number of esters is 1. The highest BCUT2D eigenvalue weighted by Crippen LogP contribution is 2.45. The number of benzene rings is 1. The SMILES string of the molecule is CC(=O)OC1(C(C)C)OCCc2c1[nH]c1c(F)cc(F)c(Br)c21. The molecule has 124 valence electrons. The van der Waals surface area contributed by atoms with Gasteiger partial charge in [-0.15, -0.1) is 0 Å². The first kappa shape index (κ1) is 16.4. The molecule has 2 heterocycles. The summed E-state index contributed by atoms with van der Waals surface area (Å²) >= 11 is 3.19. The monoisotopic (exact) mass is 387 g/mol. The van der Waals surface area contributed by atoms with E-state index < -0.39 is 23.4 Å². The standard InChI is InChI=1S/C16H16BrF2NO3/c1-7(2)16(23-8(3)21)15-9(4-5-22-16)12-13(17)10(18)6-11(19)14(12)20-15/h6-7,20H,4-5H2,1-3H3. The number of fused-ring (bicyclic) bond motifs is 3. The zero-order valence-corrected chi connectivity index (χ0v) is 14.5. The second-order valence-electron chi connectivity index (χ2n) is 5.90. The maximum Gasteiger partial charge on any atom is 0.305 e. The molecule has 1 aliphatic heterocycles. The Morgan fingerprint density at radius 1 is 1.43 bits per heavy atom. The van der Waals surface area contributed by atoms with Gasteiger partial charge >= 0.3 is 5.97 Å². The summed E-state index contributed by atoms with van der Waals surface area (Å²) < 4.78 is 39.6. The van der Waals surface area contributed by atoms with Crippen LogP contribution in [0.25, 0.3) is 10.9 Å². The summed E-state index contributed by atoms with van der Waals surface area (Å²) in [6.45, 7) is 5.27.